The van der Waals surface area contributed by atoms with Gasteiger partial charge in [0.15, 0.2) is 0 Å². The molecule has 4 nitrogen and oxygen atoms in total. The van der Waals surface area contributed by atoms with Gasteiger partial charge in [-0.15, -0.1) is 10.2 Å². The van der Waals surface area contributed by atoms with Crippen LogP contribution < -0.4 is 0 Å². The van der Waals surface area contributed by atoms with Crippen molar-refractivity contribution >= 4 is 0 Å². The van der Waals surface area contributed by atoms with Gasteiger partial charge in [-0.2, -0.15) is 5.21 Å². The lowest BCUT2D eigenvalue weighted by molar-refractivity contribution is 0.584. The molecule has 0 aliphatic carbocycles. The van der Waals surface area contributed by atoms with Crippen LogP contribution in [0.15, 0.2) is 42.5 Å². The number of H-pyrrole nitrogens is 1. The van der Waals surface area contributed by atoms with Crippen molar-refractivity contribution in [2.24, 2.45) is 0 Å². The van der Waals surface area contributed by atoms with Crippen LogP contribution in [0.25, 0.3) is 22.5 Å². The third kappa shape index (κ3) is 2.33. The van der Waals surface area contributed by atoms with Gasteiger partial charge < -0.3 is 0 Å². The van der Waals surface area contributed by atoms with E-state index in [4.69, 9.17) is 0 Å². The van der Waals surface area contributed by atoms with Gasteiger partial charge in [-0.3, -0.25) is 0 Å². The Hall–Kier alpha value is -2.63. The number of hydrogen-bond acceptors (Lipinski definition) is 3. The molecule has 94 valence electrons. The first-order valence-corrected chi connectivity index (χ1v) is 5.53. The maximum absolute atomic E-state index is 13.2. The Labute approximate surface area is 107 Å². The van der Waals surface area contributed by atoms with Gasteiger partial charge in [-0.05, 0) is 34.5 Å². The van der Waals surface area contributed by atoms with Crippen molar-refractivity contribution in [3.05, 3.63) is 54.1 Å². The van der Waals surface area contributed by atoms with Gasteiger partial charge in [0.05, 0.1) is 0 Å². The minimum Gasteiger partial charge on any atom is -0.207 e. The Morgan fingerprint density at radius 2 is 1.58 bits per heavy atom. The van der Waals surface area contributed by atoms with Crippen LogP contribution in [0.2, 0.25) is 0 Å². The lowest BCUT2D eigenvalue weighted by atomic mass is 10.0. The molecule has 0 bridgehead atoms. The Kier molecular flexibility index (Phi) is 2.75. The summed E-state index contributed by atoms with van der Waals surface area (Å²) in [6.45, 7) is 0. The van der Waals surface area contributed by atoms with Crippen LogP contribution in [0.3, 0.4) is 0 Å². The van der Waals surface area contributed by atoms with Gasteiger partial charge in [-0.25, -0.2) is 8.78 Å². The lowest BCUT2D eigenvalue weighted by Gasteiger charge is -2.04. The molecule has 1 aromatic heterocycles. The molecular formula is C13H8F2N4. The molecule has 3 rings (SSSR count). The van der Waals surface area contributed by atoms with Gasteiger partial charge in [0.25, 0.3) is 0 Å². The fourth-order valence-corrected chi connectivity index (χ4v) is 1.84. The number of nitrogens with zero attached hydrogens (tertiary/aromatic N) is 3. The zero-order valence-corrected chi connectivity index (χ0v) is 9.64. The number of nitrogens with one attached hydrogen (secondary N) is 1. The van der Waals surface area contributed by atoms with E-state index in [1.807, 2.05) is 0 Å². The number of hydrogen-bond donors (Lipinski definition) is 1. The van der Waals surface area contributed by atoms with E-state index >= 15 is 0 Å². The quantitative estimate of drug-likeness (QED) is 0.769. The van der Waals surface area contributed by atoms with Crippen molar-refractivity contribution in [1.29, 1.82) is 0 Å². The molecule has 0 unspecified atom stereocenters. The standard InChI is InChI=1S/C13H8F2N4/c14-11-5-10(6-12(15)7-11)8-2-1-3-9(4-8)13-16-18-19-17-13/h1-7H,(H,16,17,18,19). The predicted octanol–water partition coefficient (Wildman–Crippen LogP) is 2.81. The minimum absolute atomic E-state index is 0.429. The first-order chi connectivity index (χ1) is 9.22. The predicted molar refractivity (Wildman–Crippen MR) is 65.0 cm³/mol. The Balaban J connectivity index is 2.08. The normalized spacial score (nSPS) is 10.6. The van der Waals surface area contributed by atoms with Gasteiger partial charge in [0, 0.05) is 11.6 Å². The zero-order chi connectivity index (χ0) is 13.2. The number of rotatable bonds is 2. The molecule has 1 heterocycles. The van der Waals surface area contributed by atoms with E-state index in [0.29, 0.717) is 17.0 Å². The van der Waals surface area contributed by atoms with Crippen molar-refractivity contribution in [2.75, 3.05) is 0 Å². The van der Waals surface area contributed by atoms with Crippen LogP contribution in [0, 0.1) is 11.6 Å². The second-order valence-electron chi connectivity index (χ2n) is 3.97. The van der Waals surface area contributed by atoms with Gasteiger partial charge in [0.2, 0.25) is 5.82 Å². The number of aromatic nitrogens is 4. The molecule has 6 heteroatoms. The van der Waals surface area contributed by atoms with E-state index in [0.717, 1.165) is 11.6 Å². The van der Waals surface area contributed by atoms with Crippen LogP contribution in [0.1, 0.15) is 0 Å². The molecule has 0 aliphatic rings. The van der Waals surface area contributed by atoms with Gasteiger partial charge >= 0.3 is 0 Å². The topological polar surface area (TPSA) is 54.5 Å². The molecule has 3 aromatic rings. The Bertz CT molecular complexity index is 690. The second kappa shape index (κ2) is 4.56. The minimum atomic E-state index is -0.611. The summed E-state index contributed by atoms with van der Waals surface area (Å²) in [5, 5.41) is 13.6. The highest BCUT2D eigenvalue weighted by atomic mass is 19.1. The summed E-state index contributed by atoms with van der Waals surface area (Å²) >= 11 is 0. The molecule has 0 saturated carbocycles. The number of benzene rings is 2. The molecule has 1 N–H and O–H groups in total. The van der Waals surface area contributed by atoms with E-state index in [2.05, 4.69) is 20.6 Å². The Morgan fingerprint density at radius 1 is 0.842 bits per heavy atom. The van der Waals surface area contributed by atoms with Crippen LogP contribution >= 0.6 is 0 Å². The Morgan fingerprint density at radius 3 is 2.26 bits per heavy atom. The van der Waals surface area contributed by atoms with Crippen molar-refractivity contribution < 1.29 is 8.78 Å². The van der Waals surface area contributed by atoms with E-state index in [1.54, 1.807) is 24.3 Å². The molecule has 0 atom stereocenters. The summed E-state index contributed by atoms with van der Waals surface area (Å²) in [7, 11) is 0. The monoisotopic (exact) mass is 258 g/mol. The van der Waals surface area contributed by atoms with E-state index in [1.165, 1.54) is 12.1 Å². The summed E-state index contributed by atoms with van der Waals surface area (Å²) in [4.78, 5) is 0. The van der Waals surface area contributed by atoms with Crippen LogP contribution in [0.4, 0.5) is 8.78 Å². The number of halogens is 2. The molecule has 19 heavy (non-hydrogen) atoms. The van der Waals surface area contributed by atoms with E-state index in [9.17, 15) is 8.78 Å². The maximum Gasteiger partial charge on any atom is 0.204 e. The zero-order valence-electron chi connectivity index (χ0n) is 9.64. The molecule has 0 spiro atoms. The third-order valence-corrected chi connectivity index (χ3v) is 2.66. The second-order valence-corrected chi connectivity index (χ2v) is 3.97. The number of aromatic amines is 1. The first-order valence-electron chi connectivity index (χ1n) is 5.53. The van der Waals surface area contributed by atoms with Gasteiger partial charge in [-0.1, -0.05) is 18.2 Å². The highest BCUT2D eigenvalue weighted by molar-refractivity contribution is 5.70. The molecule has 2 aromatic carbocycles. The van der Waals surface area contributed by atoms with E-state index in [-0.39, 0.29) is 0 Å². The summed E-state index contributed by atoms with van der Waals surface area (Å²) in [6, 6.07) is 10.5. The van der Waals surface area contributed by atoms with Crippen molar-refractivity contribution in [1.82, 2.24) is 20.6 Å². The molecule has 0 aliphatic heterocycles. The fourth-order valence-electron chi connectivity index (χ4n) is 1.84. The largest absolute Gasteiger partial charge is 0.207 e. The van der Waals surface area contributed by atoms with Crippen molar-refractivity contribution in [3.63, 3.8) is 0 Å². The molecule has 0 amide bonds. The van der Waals surface area contributed by atoms with Crippen LogP contribution in [0.5, 0.6) is 0 Å². The average Bonchev–Trinajstić information content (AvgIpc) is 2.92. The van der Waals surface area contributed by atoms with Crippen molar-refractivity contribution in [2.45, 2.75) is 0 Å². The lowest BCUT2D eigenvalue weighted by Crippen LogP contribution is -1.86. The van der Waals surface area contributed by atoms with Crippen molar-refractivity contribution in [3.8, 4) is 22.5 Å². The maximum atomic E-state index is 13.2. The van der Waals surface area contributed by atoms with Crippen LogP contribution in [-0.4, -0.2) is 20.6 Å². The molecule has 0 saturated heterocycles. The smallest absolute Gasteiger partial charge is 0.204 e. The van der Waals surface area contributed by atoms with E-state index < -0.39 is 11.6 Å². The highest BCUT2D eigenvalue weighted by Crippen LogP contribution is 2.25. The first kappa shape index (κ1) is 11.5. The SMILES string of the molecule is Fc1cc(F)cc(-c2cccc(-c3nn[nH]n3)c2)c1. The average molecular weight is 258 g/mol. The third-order valence-electron chi connectivity index (χ3n) is 2.66. The number of tetrazole rings is 1. The summed E-state index contributed by atoms with van der Waals surface area (Å²) in [6.07, 6.45) is 0. The highest BCUT2D eigenvalue weighted by Gasteiger charge is 2.07. The molecule has 0 radical (unpaired) electrons. The summed E-state index contributed by atoms with van der Waals surface area (Å²) in [5.74, 6) is -0.793. The van der Waals surface area contributed by atoms with Gasteiger partial charge in [0.1, 0.15) is 11.6 Å². The molecular weight excluding hydrogens is 250 g/mol. The molecule has 0 fully saturated rings. The summed E-state index contributed by atoms with van der Waals surface area (Å²) < 4.78 is 26.4. The van der Waals surface area contributed by atoms with Crippen LogP contribution in [-0.2, 0) is 0 Å². The summed E-state index contributed by atoms with van der Waals surface area (Å²) in [5.41, 5.74) is 1.86. The fraction of sp³-hybridized carbons (Fsp3) is 0.